The molecule has 0 spiro atoms. The van der Waals surface area contributed by atoms with Crippen LogP contribution in [0.1, 0.15) is 11.3 Å². The number of nitrogens with two attached hydrogens (primary N) is 1. The number of benzene rings is 1. The molecule has 0 aliphatic carbocycles. The molecule has 2 rings (SSSR count). The fourth-order valence-corrected chi connectivity index (χ4v) is 1.92. The van der Waals surface area contributed by atoms with Gasteiger partial charge in [0.1, 0.15) is 17.1 Å². The fraction of sp³-hybridized carbons (Fsp3) is 0.167. The molecule has 106 valence electrons. The molecule has 2 aromatic rings. The van der Waals surface area contributed by atoms with Gasteiger partial charge in [-0.15, -0.1) is 0 Å². The van der Waals surface area contributed by atoms with Gasteiger partial charge in [-0.2, -0.15) is 5.10 Å². The predicted octanol–water partition coefficient (Wildman–Crippen LogP) is 2.41. The SMILES string of the molecule is Cc1nn(C)c(Oc2ccc(F)c(Cl)c2)c1C(N)=NO. The molecule has 1 aromatic carbocycles. The number of amidine groups is 1. The Morgan fingerprint density at radius 2 is 2.25 bits per heavy atom. The van der Waals surface area contributed by atoms with Crippen LogP contribution in [0.25, 0.3) is 0 Å². The van der Waals surface area contributed by atoms with E-state index < -0.39 is 5.82 Å². The van der Waals surface area contributed by atoms with E-state index in [4.69, 9.17) is 27.3 Å². The van der Waals surface area contributed by atoms with Crippen LogP contribution >= 0.6 is 11.6 Å². The minimum atomic E-state index is -0.545. The first kappa shape index (κ1) is 14.1. The molecule has 0 aliphatic rings. The molecule has 6 nitrogen and oxygen atoms in total. The molecule has 0 saturated heterocycles. The Morgan fingerprint density at radius 1 is 1.55 bits per heavy atom. The van der Waals surface area contributed by atoms with Crippen molar-refractivity contribution in [2.24, 2.45) is 17.9 Å². The van der Waals surface area contributed by atoms with E-state index in [0.717, 1.165) is 0 Å². The number of rotatable bonds is 3. The summed E-state index contributed by atoms with van der Waals surface area (Å²) in [6.45, 7) is 1.69. The molecule has 20 heavy (non-hydrogen) atoms. The molecule has 0 unspecified atom stereocenters. The van der Waals surface area contributed by atoms with Gasteiger partial charge in [0.2, 0.25) is 5.88 Å². The van der Waals surface area contributed by atoms with Crippen LogP contribution in [-0.4, -0.2) is 20.8 Å². The van der Waals surface area contributed by atoms with Crippen molar-refractivity contribution in [3.05, 3.63) is 40.3 Å². The van der Waals surface area contributed by atoms with Crippen molar-refractivity contribution in [1.82, 2.24) is 9.78 Å². The van der Waals surface area contributed by atoms with E-state index in [1.165, 1.54) is 22.9 Å². The number of halogens is 2. The third-order valence-corrected chi connectivity index (χ3v) is 2.93. The van der Waals surface area contributed by atoms with Crippen molar-refractivity contribution in [2.75, 3.05) is 0 Å². The molecule has 1 heterocycles. The highest BCUT2D eigenvalue weighted by atomic mass is 35.5. The lowest BCUT2D eigenvalue weighted by Gasteiger charge is -2.08. The summed E-state index contributed by atoms with van der Waals surface area (Å²) in [7, 11) is 1.64. The Morgan fingerprint density at radius 3 is 2.85 bits per heavy atom. The smallest absolute Gasteiger partial charge is 0.229 e. The highest BCUT2D eigenvalue weighted by molar-refractivity contribution is 6.30. The van der Waals surface area contributed by atoms with Gasteiger partial charge in [0.05, 0.1) is 10.7 Å². The monoisotopic (exact) mass is 298 g/mol. The molecule has 3 N–H and O–H groups in total. The van der Waals surface area contributed by atoms with Crippen LogP contribution in [0.2, 0.25) is 5.02 Å². The first-order valence-electron chi connectivity index (χ1n) is 5.58. The Balaban J connectivity index is 2.45. The van der Waals surface area contributed by atoms with Gasteiger partial charge >= 0.3 is 0 Å². The molecule has 0 aliphatic heterocycles. The molecule has 0 saturated carbocycles. The van der Waals surface area contributed by atoms with E-state index >= 15 is 0 Å². The Kier molecular flexibility index (Phi) is 3.80. The van der Waals surface area contributed by atoms with Crippen molar-refractivity contribution in [3.63, 3.8) is 0 Å². The lowest BCUT2D eigenvalue weighted by molar-refractivity contribution is 0.318. The third kappa shape index (κ3) is 2.53. The zero-order chi connectivity index (χ0) is 14.9. The van der Waals surface area contributed by atoms with E-state index in [1.807, 2.05) is 0 Å². The first-order chi connectivity index (χ1) is 9.43. The summed E-state index contributed by atoms with van der Waals surface area (Å²) in [5.41, 5.74) is 6.49. The van der Waals surface area contributed by atoms with E-state index in [-0.39, 0.29) is 16.7 Å². The van der Waals surface area contributed by atoms with Crippen LogP contribution < -0.4 is 10.5 Å². The van der Waals surface area contributed by atoms with Crippen molar-refractivity contribution in [1.29, 1.82) is 0 Å². The average Bonchev–Trinajstić information content (AvgIpc) is 2.68. The van der Waals surface area contributed by atoms with Crippen LogP contribution in [0.15, 0.2) is 23.4 Å². The molecular formula is C12H12ClFN4O2. The van der Waals surface area contributed by atoms with Gasteiger partial charge in [-0.25, -0.2) is 9.07 Å². The Bertz CT molecular complexity index is 684. The van der Waals surface area contributed by atoms with Crippen LogP contribution in [-0.2, 0) is 7.05 Å². The predicted molar refractivity (Wildman–Crippen MR) is 71.9 cm³/mol. The minimum absolute atomic E-state index is 0.0632. The fourth-order valence-electron chi connectivity index (χ4n) is 1.75. The van der Waals surface area contributed by atoms with Gasteiger partial charge in [-0.1, -0.05) is 16.8 Å². The van der Waals surface area contributed by atoms with Gasteiger partial charge in [0, 0.05) is 13.1 Å². The molecule has 8 heteroatoms. The van der Waals surface area contributed by atoms with Gasteiger partial charge in [-0.3, -0.25) is 0 Å². The maximum Gasteiger partial charge on any atom is 0.229 e. The Hall–Kier alpha value is -2.28. The summed E-state index contributed by atoms with van der Waals surface area (Å²) in [5, 5.41) is 15.8. The second-order valence-corrected chi connectivity index (χ2v) is 4.46. The molecule has 0 amide bonds. The number of aromatic nitrogens is 2. The van der Waals surface area contributed by atoms with Crippen LogP contribution in [0.3, 0.4) is 0 Å². The van der Waals surface area contributed by atoms with E-state index in [0.29, 0.717) is 17.0 Å². The summed E-state index contributed by atoms with van der Waals surface area (Å²) in [6.07, 6.45) is 0. The molecule has 1 aromatic heterocycles. The number of aryl methyl sites for hydroxylation is 2. The van der Waals surface area contributed by atoms with Gasteiger partial charge in [0.25, 0.3) is 0 Å². The standard InChI is InChI=1S/C12H12ClFN4O2/c1-6-10(11(15)17-19)12(18(2)16-6)20-7-3-4-9(14)8(13)5-7/h3-5,19H,1-2H3,(H2,15,17). The first-order valence-corrected chi connectivity index (χ1v) is 5.96. The zero-order valence-electron chi connectivity index (χ0n) is 10.8. The van der Waals surface area contributed by atoms with Crippen molar-refractivity contribution in [3.8, 4) is 11.6 Å². The summed E-state index contributed by atoms with van der Waals surface area (Å²) >= 11 is 5.69. The van der Waals surface area contributed by atoms with Crippen LogP contribution in [0, 0.1) is 12.7 Å². The average molecular weight is 299 g/mol. The van der Waals surface area contributed by atoms with Crippen molar-refractivity contribution in [2.45, 2.75) is 6.92 Å². The largest absolute Gasteiger partial charge is 0.438 e. The lowest BCUT2D eigenvalue weighted by atomic mass is 10.2. The van der Waals surface area contributed by atoms with Crippen LogP contribution in [0.4, 0.5) is 4.39 Å². The second kappa shape index (κ2) is 5.38. The highest BCUT2D eigenvalue weighted by Crippen LogP contribution is 2.29. The summed E-state index contributed by atoms with van der Waals surface area (Å²) < 4.78 is 20.1. The second-order valence-electron chi connectivity index (χ2n) is 4.05. The number of oxime groups is 1. The minimum Gasteiger partial charge on any atom is -0.438 e. The van der Waals surface area contributed by atoms with Gasteiger partial charge in [0.15, 0.2) is 5.84 Å². The van der Waals surface area contributed by atoms with Gasteiger partial charge in [-0.05, 0) is 19.1 Å². The molecule has 0 radical (unpaired) electrons. The van der Waals surface area contributed by atoms with Crippen LogP contribution in [0.5, 0.6) is 11.6 Å². The number of nitrogens with zero attached hydrogens (tertiary/aromatic N) is 3. The molecule has 0 fully saturated rings. The maximum absolute atomic E-state index is 13.1. The zero-order valence-corrected chi connectivity index (χ0v) is 11.5. The van der Waals surface area contributed by atoms with Crippen molar-refractivity contribution < 1.29 is 14.3 Å². The Labute approximate surface area is 119 Å². The number of hydrogen-bond acceptors (Lipinski definition) is 4. The normalized spacial score (nSPS) is 11.7. The third-order valence-electron chi connectivity index (χ3n) is 2.64. The number of ether oxygens (including phenoxy) is 1. The maximum atomic E-state index is 13.1. The molecular weight excluding hydrogens is 287 g/mol. The topological polar surface area (TPSA) is 85.7 Å². The summed E-state index contributed by atoms with van der Waals surface area (Å²) in [6, 6.07) is 3.93. The quantitative estimate of drug-likeness (QED) is 0.394. The molecule has 0 bridgehead atoms. The van der Waals surface area contributed by atoms with E-state index in [1.54, 1.807) is 14.0 Å². The van der Waals surface area contributed by atoms with E-state index in [2.05, 4.69) is 10.3 Å². The highest BCUT2D eigenvalue weighted by Gasteiger charge is 2.19. The lowest BCUT2D eigenvalue weighted by Crippen LogP contribution is -2.15. The van der Waals surface area contributed by atoms with E-state index in [9.17, 15) is 4.39 Å². The molecule has 0 atom stereocenters. The summed E-state index contributed by atoms with van der Waals surface area (Å²) in [4.78, 5) is 0. The van der Waals surface area contributed by atoms with Crippen molar-refractivity contribution >= 4 is 17.4 Å². The number of hydrogen-bond donors (Lipinski definition) is 2. The summed E-state index contributed by atoms with van der Waals surface area (Å²) in [5.74, 6) is -0.0949. The van der Waals surface area contributed by atoms with Gasteiger partial charge < -0.3 is 15.7 Å².